The van der Waals surface area contributed by atoms with Gasteiger partial charge in [-0.3, -0.25) is 0 Å². The minimum Gasteiger partial charge on any atom is -0.321 e. The number of aromatic nitrogens is 3. The van der Waals surface area contributed by atoms with Gasteiger partial charge in [0.1, 0.15) is 11.6 Å². The quantitative estimate of drug-likeness (QED) is 0.796. The Morgan fingerprint density at radius 3 is 2.50 bits per heavy atom. The molecule has 0 unspecified atom stereocenters. The molecule has 80 valence electrons. The summed E-state index contributed by atoms with van der Waals surface area (Å²) in [4.78, 5) is 0. The minimum atomic E-state index is -0.0113. The van der Waals surface area contributed by atoms with Gasteiger partial charge in [0.05, 0.1) is 6.04 Å². The summed E-state index contributed by atoms with van der Waals surface area (Å²) in [7, 11) is 0. The number of hydrogen-bond donors (Lipinski definition) is 1. The van der Waals surface area contributed by atoms with Gasteiger partial charge in [0.15, 0.2) is 0 Å². The van der Waals surface area contributed by atoms with E-state index < -0.39 is 0 Å². The lowest BCUT2D eigenvalue weighted by molar-refractivity contribution is 0.461. The Bertz CT molecular complexity index is 290. The predicted octanol–water partition coefficient (Wildman–Crippen LogP) is 1.65. The Labute approximate surface area is 85.5 Å². The first-order valence-corrected chi connectivity index (χ1v) is 5.23. The summed E-state index contributed by atoms with van der Waals surface area (Å²) in [6.45, 7) is 9.27. The van der Waals surface area contributed by atoms with Gasteiger partial charge >= 0.3 is 0 Å². The summed E-state index contributed by atoms with van der Waals surface area (Å²) >= 11 is 0. The number of hydrogen-bond acceptors (Lipinski definition) is 3. The third-order valence-electron chi connectivity index (χ3n) is 2.43. The summed E-state index contributed by atoms with van der Waals surface area (Å²) in [6.07, 6.45) is 1.08. The summed E-state index contributed by atoms with van der Waals surface area (Å²) in [5.41, 5.74) is 6.06. The van der Waals surface area contributed by atoms with Crippen molar-refractivity contribution in [3.8, 4) is 0 Å². The monoisotopic (exact) mass is 196 g/mol. The topological polar surface area (TPSA) is 56.7 Å². The molecule has 0 spiro atoms. The SMILES string of the molecule is CCCn1c(C)nnc1[C@H](N)C(C)C. The van der Waals surface area contributed by atoms with Crippen molar-refractivity contribution in [2.45, 2.75) is 46.7 Å². The molecule has 2 N–H and O–H groups in total. The molecule has 1 atom stereocenters. The summed E-state index contributed by atoms with van der Waals surface area (Å²) in [5, 5.41) is 8.22. The van der Waals surface area contributed by atoms with Crippen LogP contribution in [-0.2, 0) is 6.54 Å². The maximum absolute atomic E-state index is 6.06. The van der Waals surface area contributed by atoms with Crippen LogP contribution in [0.15, 0.2) is 0 Å². The smallest absolute Gasteiger partial charge is 0.150 e. The fraction of sp³-hybridized carbons (Fsp3) is 0.800. The molecule has 4 heteroatoms. The van der Waals surface area contributed by atoms with Gasteiger partial charge in [-0.2, -0.15) is 0 Å². The van der Waals surface area contributed by atoms with E-state index in [1.807, 2.05) is 6.92 Å². The zero-order valence-corrected chi connectivity index (χ0v) is 9.49. The number of nitrogens with two attached hydrogens (primary N) is 1. The molecule has 0 fully saturated rings. The highest BCUT2D eigenvalue weighted by Gasteiger charge is 2.18. The van der Waals surface area contributed by atoms with Crippen LogP contribution >= 0.6 is 0 Å². The highest BCUT2D eigenvalue weighted by atomic mass is 15.3. The first kappa shape index (κ1) is 11.2. The zero-order chi connectivity index (χ0) is 10.7. The van der Waals surface area contributed by atoms with Crippen molar-refractivity contribution < 1.29 is 0 Å². The van der Waals surface area contributed by atoms with E-state index in [1.54, 1.807) is 0 Å². The van der Waals surface area contributed by atoms with E-state index >= 15 is 0 Å². The molecule has 4 nitrogen and oxygen atoms in total. The van der Waals surface area contributed by atoms with Crippen molar-refractivity contribution in [2.24, 2.45) is 11.7 Å². The van der Waals surface area contributed by atoms with Crippen LogP contribution in [0.4, 0.5) is 0 Å². The standard InChI is InChI=1S/C10H20N4/c1-5-6-14-8(4)12-13-10(14)9(11)7(2)3/h7,9H,5-6,11H2,1-4H3/t9-/m1/s1. The van der Waals surface area contributed by atoms with Crippen molar-refractivity contribution in [3.05, 3.63) is 11.6 Å². The van der Waals surface area contributed by atoms with Crippen LogP contribution in [0, 0.1) is 12.8 Å². The molecular formula is C10H20N4. The highest BCUT2D eigenvalue weighted by Crippen LogP contribution is 2.17. The van der Waals surface area contributed by atoms with Crippen LogP contribution in [0.3, 0.4) is 0 Å². The lowest BCUT2D eigenvalue weighted by Gasteiger charge is -2.16. The number of rotatable bonds is 4. The summed E-state index contributed by atoms with van der Waals surface area (Å²) in [5.74, 6) is 2.27. The maximum atomic E-state index is 6.06. The van der Waals surface area contributed by atoms with Crippen LogP contribution in [-0.4, -0.2) is 14.8 Å². The van der Waals surface area contributed by atoms with Crippen molar-refractivity contribution in [3.63, 3.8) is 0 Å². The Morgan fingerprint density at radius 2 is 2.00 bits per heavy atom. The molecule has 0 aliphatic carbocycles. The molecule has 14 heavy (non-hydrogen) atoms. The molecule has 1 aromatic heterocycles. The van der Waals surface area contributed by atoms with Gasteiger partial charge in [-0.25, -0.2) is 0 Å². The highest BCUT2D eigenvalue weighted by molar-refractivity contribution is 5.00. The molecule has 0 aromatic carbocycles. The third kappa shape index (κ3) is 2.12. The number of aryl methyl sites for hydroxylation is 1. The fourth-order valence-corrected chi connectivity index (χ4v) is 1.44. The van der Waals surface area contributed by atoms with Crippen LogP contribution in [0.5, 0.6) is 0 Å². The van der Waals surface area contributed by atoms with Crippen molar-refractivity contribution in [2.75, 3.05) is 0 Å². The molecule has 1 rings (SSSR count). The largest absolute Gasteiger partial charge is 0.321 e. The van der Waals surface area contributed by atoms with E-state index in [2.05, 4.69) is 35.5 Å². The Balaban J connectivity index is 2.96. The molecule has 1 aromatic rings. The van der Waals surface area contributed by atoms with E-state index in [9.17, 15) is 0 Å². The average molecular weight is 196 g/mol. The molecule has 0 aliphatic rings. The minimum absolute atomic E-state index is 0.0113. The lowest BCUT2D eigenvalue weighted by atomic mass is 10.1. The second-order valence-corrected chi connectivity index (χ2v) is 4.03. The molecule has 0 bridgehead atoms. The van der Waals surface area contributed by atoms with E-state index in [0.717, 1.165) is 24.6 Å². The second-order valence-electron chi connectivity index (χ2n) is 4.03. The van der Waals surface area contributed by atoms with Crippen molar-refractivity contribution in [1.29, 1.82) is 0 Å². The number of nitrogens with zero attached hydrogens (tertiary/aromatic N) is 3. The lowest BCUT2D eigenvalue weighted by Crippen LogP contribution is -2.22. The van der Waals surface area contributed by atoms with Gasteiger partial charge in [-0.1, -0.05) is 20.8 Å². The zero-order valence-electron chi connectivity index (χ0n) is 9.49. The van der Waals surface area contributed by atoms with E-state index in [1.165, 1.54) is 0 Å². The van der Waals surface area contributed by atoms with Gasteiger partial charge in [0.25, 0.3) is 0 Å². The van der Waals surface area contributed by atoms with Gasteiger partial charge in [-0.05, 0) is 19.3 Å². The van der Waals surface area contributed by atoms with Crippen molar-refractivity contribution in [1.82, 2.24) is 14.8 Å². The summed E-state index contributed by atoms with van der Waals surface area (Å²) in [6, 6.07) is -0.0113. The normalized spacial score (nSPS) is 13.6. The van der Waals surface area contributed by atoms with Gasteiger partial charge in [0.2, 0.25) is 0 Å². The summed E-state index contributed by atoms with van der Waals surface area (Å²) < 4.78 is 2.12. The Kier molecular flexibility index (Phi) is 3.63. The molecular weight excluding hydrogens is 176 g/mol. The molecule has 0 radical (unpaired) electrons. The molecule has 0 saturated carbocycles. The molecule has 0 aliphatic heterocycles. The van der Waals surface area contributed by atoms with Gasteiger partial charge in [0, 0.05) is 6.54 Å². The second kappa shape index (κ2) is 4.55. The van der Waals surface area contributed by atoms with Gasteiger partial charge < -0.3 is 10.3 Å². The maximum Gasteiger partial charge on any atom is 0.150 e. The Hall–Kier alpha value is -0.900. The molecule has 0 saturated heterocycles. The van der Waals surface area contributed by atoms with Crippen LogP contribution in [0.1, 0.15) is 44.9 Å². The predicted molar refractivity (Wildman–Crippen MR) is 56.8 cm³/mol. The Morgan fingerprint density at radius 1 is 1.36 bits per heavy atom. The first-order chi connectivity index (χ1) is 6.57. The third-order valence-corrected chi connectivity index (χ3v) is 2.43. The first-order valence-electron chi connectivity index (χ1n) is 5.23. The van der Waals surface area contributed by atoms with Gasteiger partial charge in [-0.15, -0.1) is 10.2 Å². The van der Waals surface area contributed by atoms with Crippen LogP contribution < -0.4 is 5.73 Å². The van der Waals surface area contributed by atoms with E-state index in [0.29, 0.717) is 5.92 Å². The van der Waals surface area contributed by atoms with Crippen LogP contribution in [0.2, 0.25) is 0 Å². The van der Waals surface area contributed by atoms with Crippen LogP contribution in [0.25, 0.3) is 0 Å². The van der Waals surface area contributed by atoms with E-state index in [-0.39, 0.29) is 6.04 Å². The average Bonchev–Trinajstić information content (AvgIpc) is 2.48. The molecule has 1 heterocycles. The van der Waals surface area contributed by atoms with E-state index in [4.69, 9.17) is 5.73 Å². The fourth-order valence-electron chi connectivity index (χ4n) is 1.44. The van der Waals surface area contributed by atoms with Crippen molar-refractivity contribution >= 4 is 0 Å². The molecule has 0 amide bonds.